The number of methoxy groups -OCH3 is 1. The summed E-state index contributed by atoms with van der Waals surface area (Å²) in [7, 11) is 1.65. The van der Waals surface area contributed by atoms with Gasteiger partial charge in [-0.3, -0.25) is 4.79 Å². The summed E-state index contributed by atoms with van der Waals surface area (Å²) in [6.07, 6.45) is 1.54. The van der Waals surface area contributed by atoms with Crippen molar-refractivity contribution in [3.63, 3.8) is 0 Å². The molecule has 106 valence electrons. The molecule has 18 heavy (non-hydrogen) atoms. The number of nitrogens with two attached hydrogens (primary N) is 1. The van der Waals surface area contributed by atoms with Crippen LogP contribution in [-0.2, 0) is 14.3 Å². The van der Waals surface area contributed by atoms with Gasteiger partial charge in [0, 0.05) is 26.8 Å². The van der Waals surface area contributed by atoms with Gasteiger partial charge in [0.05, 0.1) is 17.7 Å². The zero-order chi connectivity index (χ0) is 13.8. The molecule has 1 heterocycles. The van der Waals surface area contributed by atoms with Crippen molar-refractivity contribution in [3.05, 3.63) is 0 Å². The summed E-state index contributed by atoms with van der Waals surface area (Å²) in [4.78, 5) is 14.1. The number of carbonyl (C=O) groups excluding carboxylic acids is 1. The summed E-state index contributed by atoms with van der Waals surface area (Å²) in [5.74, 6) is 0.0225. The molecule has 2 atom stereocenters. The summed E-state index contributed by atoms with van der Waals surface area (Å²) in [5, 5.41) is 0. The molecule has 0 saturated carbocycles. The van der Waals surface area contributed by atoms with Crippen LogP contribution in [0.1, 0.15) is 33.6 Å². The number of ether oxygens (including phenoxy) is 2. The molecule has 0 aromatic rings. The van der Waals surface area contributed by atoms with E-state index in [1.54, 1.807) is 7.11 Å². The first-order chi connectivity index (χ1) is 8.35. The molecule has 1 aliphatic rings. The van der Waals surface area contributed by atoms with E-state index in [1.807, 2.05) is 25.7 Å². The number of nitrogens with zero attached hydrogens (tertiary/aromatic N) is 1. The Bertz CT molecular complexity index is 281. The number of carbonyl (C=O) groups is 1. The van der Waals surface area contributed by atoms with Gasteiger partial charge in [-0.15, -0.1) is 0 Å². The third kappa shape index (κ3) is 4.55. The van der Waals surface area contributed by atoms with Crippen molar-refractivity contribution in [2.75, 3.05) is 26.8 Å². The normalized spacial score (nSPS) is 24.9. The van der Waals surface area contributed by atoms with Gasteiger partial charge in [0.15, 0.2) is 0 Å². The highest BCUT2D eigenvalue weighted by atomic mass is 16.5. The lowest BCUT2D eigenvalue weighted by molar-refractivity contribution is -0.159. The Morgan fingerprint density at radius 1 is 1.61 bits per heavy atom. The van der Waals surface area contributed by atoms with E-state index >= 15 is 0 Å². The van der Waals surface area contributed by atoms with Crippen LogP contribution in [0.25, 0.3) is 0 Å². The minimum atomic E-state index is -0.429. The summed E-state index contributed by atoms with van der Waals surface area (Å²) in [6, 6.07) is -0.429. The van der Waals surface area contributed by atoms with Gasteiger partial charge < -0.3 is 20.1 Å². The highest BCUT2D eigenvalue weighted by Crippen LogP contribution is 2.21. The minimum Gasteiger partial charge on any atom is -0.385 e. The van der Waals surface area contributed by atoms with Gasteiger partial charge in [0.1, 0.15) is 0 Å². The van der Waals surface area contributed by atoms with E-state index < -0.39 is 6.04 Å². The van der Waals surface area contributed by atoms with Gasteiger partial charge in [-0.1, -0.05) is 0 Å². The standard InChI is InChI=1S/C13H26N2O3/c1-10-8-15(9-13(2,3)18-10)12(16)11(14)6-5-7-17-4/h10-11H,5-9,14H2,1-4H3. The maximum atomic E-state index is 12.2. The Balaban J connectivity index is 2.49. The molecular weight excluding hydrogens is 232 g/mol. The molecule has 0 aromatic heterocycles. The number of morpholine rings is 1. The number of amides is 1. The second-order valence-corrected chi connectivity index (χ2v) is 5.65. The van der Waals surface area contributed by atoms with E-state index in [1.165, 1.54) is 0 Å². The lowest BCUT2D eigenvalue weighted by atomic mass is 10.0. The van der Waals surface area contributed by atoms with Gasteiger partial charge in [0.25, 0.3) is 0 Å². The van der Waals surface area contributed by atoms with Crippen LogP contribution in [0.3, 0.4) is 0 Å². The van der Waals surface area contributed by atoms with Gasteiger partial charge in [-0.25, -0.2) is 0 Å². The smallest absolute Gasteiger partial charge is 0.239 e. The molecule has 5 nitrogen and oxygen atoms in total. The van der Waals surface area contributed by atoms with E-state index in [4.69, 9.17) is 15.2 Å². The maximum Gasteiger partial charge on any atom is 0.239 e. The summed E-state index contributed by atoms with van der Waals surface area (Å²) in [5.41, 5.74) is 5.64. The van der Waals surface area contributed by atoms with E-state index in [2.05, 4.69) is 0 Å². The average molecular weight is 258 g/mol. The van der Waals surface area contributed by atoms with Crippen molar-refractivity contribution in [3.8, 4) is 0 Å². The van der Waals surface area contributed by atoms with E-state index in [0.717, 1.165) is 6.42 Å². The van der Waals surface area contributed by atoms with Gasteiger partial charge in [0.2, 0.25) is 5.91 Å². The predicted octanol–water partition coefficient (Wildman–Crippen LogP) is 0.766. The molecule has 1 saturated heterocycles. The fraction of sp³-hybridized carbons (Fsp3) is 0.923. The topological polar surface area (TPSA) is 64.8 Å². The van der Waals surface area contributed by atoms with Crippen molar-refractivity contribution >= 4 is 5.91 Å². The highest BCUT2D eigenvalue weighted by molar-refractivity contribution is 5.81. The summed E-state index contributed by atoms with van der Waals surface area (Å²) >= 11 is 0. The first-order valence-electron chi connectivity index (χ1n) is 6.57. The molecule has 1 rings (SSSR count). The molecule has 0 aromatic carbocycles. The lowest BCUT2D eigenvalue weighted by Gasteiger charge is -2.42. The van der Waals surface area contributed by atoms with Crippen molar-refractivity contribution in [1.29, 1.82) is 0 Å². The average Bonchev–Trinajstić information content (AvgIpc) is 2.25. The van der Waals surface area contributed by atoms with Crippen LogP contribution in [0.15, 0.2) is 0 Å². The second-order valence-electron chi connectivity index (χ2n) is 5.65. The molecule has 1 fully saturated rings. The molecule has 2 N–H and O–H groups in total. The zero-order valence-corrected chi connectivity index (χ0v) is 11.9. The van der Waals surface area contributed by atoms with Crippen LogP contribution >= 0.6 is 0 Å². The van der Waals surface area contributed by atoms with E-state index in [0.29, 0.717) is 26.1 Å². The maximum absolute atomic E-state index is 12.2. The first-order valence-corrected chi connectivity index (χ1v) is 6.57. The van der Waals surface area contributed by atoms with Gasteiger partial charge >= 0.3 is 0 Å². The van der Waals surface area contributed by atoms with Crippen molar-refractivity contribution < 1.29 is 14.3 Å². The lowest BCUT2D eigenvalue weighted by Crippen LogP contribution is -2.57. The largest absolute Gasteiger partial charge is 0.385 e. The minimum absolute atomic E-state index is 0.0225. The fourth-order valence-corrected chi connectivity index (χ4v) is 2.43. The molecule has 0 spiro atoms. The van der Waals surface area contributed by atoms with Crippen LogP contribution in [-0.4, -0.2) is 55.4 Å². The third-order valence-corrected chi connectivity index (χ3v) is 3.06. The molecule has 1 aliphatic heterocycles. The van der Waals surface area contributed by atoms with Crippen LogP contribution in [0, 0.1) is 0 Å². The summed E-state index contributed by atoms with van der Waals surface area (Å²) in [6.45, 7) is 7.86. The van der Waals surface area contributed by atoms with Crippen molar-refractivity contribution in [2.24, 2.45) is 5.73 Å². The Morgan fingerprint density at radius 3 is 2.83 bits per heavy atom. The van der Waals surface area contributed by atoms with Crippen LogP contribution in [0.4, 0.5) is 0 Å². The molecule has 0 bridgehead atoms. The SMILES string of the molecule is COCCCC(N)C(=O)N1CC(C)OC(C)(C)C1. The molecule has 2 unspecified atom stereocenters. The Morgan fingerprint density at radius 2 is 2.28 bits per heavy atom. The molecule has 1 amide bonds. The molecule has 5 heteroatoms. The molecule has 0 aliphatic carbocycles. The number of hydrogen-bond acceptors (Lipinski definition) is 4. The fourth-order valence-electron chi connectivity index (χ4n) is 2.43. The zero-order valence-electron chi connectivity index (χ0n) is 11.9. The van der Waals surface area contributed by atoms with Gasteiger partial charge in [-0.05, 0) is 33.6 Å². The highest BCUT2D eigenvalue weighted by Gasteiger charge is 2.35. The van der Waals surface area contributed by atoms with E-state index in [9.17, 15) is 4.79 Å². The van der Waals surface area contributed by atoms with Crippen LogP contribution < -0.4 is 5.73 Å². The number of rotatable bonds is 5. The molecular formula is C13H26N2O3. The first kappa shape index (κ1) is 15.4. The Kier molecular flexibility index (Phi) is 5.56. The van der Waals surface area contributed by atoms with E-state index in [-0.39, 0.29) is 17.6 Å². The quantitative estimate of drug-likeness (QED) is 0.740. The van der Waals surface area contributed by atoms with Crippen molar-refractivity contribution in [2.45, 2.75) is 51.4 Å². The summed E-state index contributed by atoms with van der Waals surface area (Å²) < 4.78 is 10.7. The Labute approximate surface area is 110 Å². The van der Waals surface area contributed by atoms with Crippen molar-refractivity contribution in [1.82, 2.24) is 4.90 Å². The predicted molar refractivity (Wildman–Crippen MR) is 70.3 cm³/mol. The second kappa shape index (κ2) is 6.50. The van der Waals surface area contributed by atoms with Gasteiger partial charge in [-0.2, -0.15) is 0 Å². The van der Waals surface area contributed by atoms with Crippen LogP contribution in [0.2, 0.25) is 0 Å². The third-order valence-electron chi connectivity index (χ3n) is 3.06. The Hall–Kier alpha value is -0.650. The number of hydrogen-bond donors (Lipinski definition) is 1. The monoisotopic (exact) mass is 258 g/mol. The molecule has 0 radical (unpaired) electrons. The van der Waals surface area contributed by atoms with Crippen LogP contribution in [0.5, 0.6) is 0 Å².